The summed E-state index contributed by atoms with van der Waals surface area (Å²) in [6.45, 7) is 0. The maximum Gasteiger partial charge on any atom is 0.400 e. The SMILES string of the molecule is FC(F)(F)[C@@H](/C(Br)=C(/Br)c1ccc(Cl)cc1)c1ccccc1.FC(F)(F)[C@H](/C(Br)=C(/Br)c1ccc(Cl)cc1)c1ccccc1. The highest BCUT2D eigenvalue weighted by Gasteiger charge is 2.44. The van der Waals surface area contributed by atoms with E-state index in [1.54, 1.807) is 84.9 Å². The largest absolute Gasteiger partial charge is 0.400 e. The van der Waals surface area contributed by atoms with Crippen LogP contribution in [-0.2, 0) is 0 Å². The second-order valence-corrected chi connectivity index (χ2v) is 13.3. The van der Waals surface area contributed by atoms with Gasteiger partial charge in [-0.1, -0.05) is 140 Å². The second kappa shape index (κ2) is 16.3. The lowest BCUT2D eigenvalue weighted by atomic mass is 9.97. The fourth-order valence-electron chi connectivity index (χ4n) is 3.97. The van der Waals surface area contributed by atoms with E-state index in [9.17, 15) is 26.3 Å². The van der Waals surface area contributed by atoms with Crippen molar-refractivity contribution in [3.63, 3.8) is 0 Å². The summed E-state index contributed by atoms with van der Waals surface area (Å²) in [6.07, 6.45) is -8.82. The van der Waals surface area contributed by atoms with Gasteiger partial charge in [-0.25, -0.2) is 0 Å². The highest BCUT2D eigenvalue weighted by molar-refractivity contribution is 9.17. The van der Waals surface area contributed by atoms with Gasteiger partial charge in [-0.2, -0.15) is 26.3 Å². The van der Waals surface area contributed by atoms with Crippen LogP contribution in [0.4, 0.5) is 26.3 Å². The number of allylic oxidation sites excluding steroid dienone is 2. The molecular formula is C32H20Br4Cl2F6. The van der Waals surface area contributed by atoms with Gasteiger partial charge in [0.15, 0.2) is 0 Å². The minimum Gasteiger partial charge on any atom is -0.170 e. The topological polar surface area (TPSA) is 0 Å². The molecule has 0 aromatic heterocycles. The van der Waals surface area contributed by atoms with Crippen LogP contribution in [0.25, 0.3) is 8.96 Å². The zero-order valence-corrected chi connectivity index (χ0v) is 29.9. The maximum atomic E-state index is 13.5. The molecule has 0 amide bonds. The van der Waals surface area contributed by atoms with Gasteiger partial charge in [-0.15, -0.1) is 0 Å². The number of rotatable bonds is 6. The van der Waals surface area contributed by atoms with Gasteiger partial charge in [0.25, 0.3) is 0 Å². The molecule has 0 N–H and O–H groups in total. The predicted octanol–water partition coefficient (Wildman–Crippen LogP) is 14.3. The van der Waals surface area contributed by atoms with Crippen molar-refractivity contribution >= 4 is 95.9 Å². The predicted molar refractivity (Wildman–Crippen MR) is 183 cm³/mol. The molecule has 0 heterocycles. The van der Waals surface area contributed by atoms with E-state index >= 15 is 0 Å². The summed E-state index contributed by atoms with van der Waals surface area (Å²) in [6, 6.07) is 28.7. The Bertz CT molecular complexity index is 1450. The third kappa shape index (κ3) is 10.2. The van der Waals surface area contributed by atoms with Crippen molar-refractivity contribution in [2.24, 2.45) is 0 Å². The molecule has 0 spiro atoms. The molecule has 0 fully saturated rings. The average Bonchev–Trinajstić information content (AvgIpc) is 2.97. The fraction of sp³-hybridized carbons (Fsp3) is 0.125. The summed E-state index contributed by atoms with van der Waals surface area (Å²) in [5.74, 6) is -3.47. The van der Waals surface area contributed by atoms with Gasteiger partial charge in [0.2, 0.25) is 0 Å². The lowest BCUT2D eigenvalue weighted by molar-refractivity contribution is -0.140. The quantitative estimate of drug-likeness (QED) is 0.169. The first-order valence-electron chi connectivity index (χ1n) is 12.5. The van der Waals surface area contributed by atoms with Gasteiger partial charge in [-0.3, -0.25) is 0 Å². The molecule has 0 saturated heterocycles. The summed E-state index contributed by atoms with van der Waals surface area (Å²) in [4.78, 5) is 0. The molecule has 0 aliphatic carbocycles. The van der Waals surface area contributed by atoms with Crippen molar-refractivity contribution in [2.45, 2.75) is 24.2 Å². The normalized spacial score (nSPS) is 14.5. The number of alkyl halides is 6. The average molecular weight is 909 g/mol. The minimum absolute atomic E-state index is 0.0218. The minimum atomic E-state index is -4.41. The first-order chi connectivity index (χ1) is 20.6. The van der Waals surface area contributed by atoms with Crippen LogP contribution in [-0.4, -0.2) is 12.4 Å². The molecule has 0 unspecified atom stereocenters. The lowest BCUT2D eigenvalue weighted by Crippen LogP contribution is -2.21. The van der Waals surface area contributed by atoms with Crippen LogP contribution in [0.5, 0.6) is 0 Å². The third-order valence-corrected chi connectivity index (χ3v) is 11.1. The van der Waals surface area contributed by atoms with Crippen LogP contribution in [0.1, 0.15) is 34.1 Å². The van der Waals surface area contributed by atoms with Gasteiger partial charge in [-0.05, 0) is 78.4 Å². The molecule has 2 atom stereocenters. The smallest absolute Gasteiger partial charge is 0.170 e. The van der Waals surface area contributed by atoms with E-state index in [1.807, 2.05) is 0 Å². The van der Waals surface area contributed by atoms with Gasteiger partial charge in [0, 0.05) is 28.0 Å². The molecule has 232 valence electrons. The Hall–Kier alpha value is -1.56. The molecule has 0 saturated carbocycles. The Morgan fingerprint density at radius 2 is 0.727 bits per heavy atom. The summed E-state index contributed by atoms with van der Waals surface area (Å²) in [5.41, 5.74) is 1.57. The lowest BCUT2D eigenvalue weighted by Gasteiger charge is -2.22. The maximum absolute atomic E-state index is 13.5. The van der Waals surface area contributed by atoms with Crippen LogP contribution >= 0.6 is 86.9 Å². The van der Waals surface area contributed by atoms with Crippen molar-refractivity contribution in [1.82, 2.24) is 0 Å². The van der Waals surface area contributed by atoms with E-state index in [0.717, 1.165) is 0 Å². The van der Waals surface area contributed by atoms with Gasteiger partial charge >= 0.3 is 12.4 Å². The first-order valence-corrected chi connectivity index (χ1v) is 16.4. The molecule has 12 heteroatoms. The number of benzene rings is 4. The molecule has 4 rings (SSSR count). The van der Waals surface area contributed by atoms with E-state index in [0.29, 0.717) is 30.1 Å². The standard InChI is InChI=1S/2C16H10Br2ClF3/c2*17-14(11-6-8-12(19)9-7-11)15(18)13(16(20,21)22)10-4-2-1-3-5-10/h2*1-9,13H/b2*15-14-/t2*13-/m10/s1. The number of hydrogen-bond acceptors (Lipinski definition) is 0. The zero-order valence-electron chi connectivity index (χ0n) is 22.1. The van der Waals surface area contributed by atoms with Crippen LogP contribution in [0.15, 0.2) is 118 Å². The zero-order chi connectivity index (χ0) is 32.7. The Balaban J connectivity index is 0.000000240. The Labute approximate surface area is 294 Å². The second-order valence-electron chi connectivity index (χ2n) is 9.11. The van der Waals surface area contributed by atoms with E-state index in [-0.39, 0.29) is 20.1 Å². The van der Waals surface area contributed by atoms with E-state index < -0.39 is 24.2 Å². The Kier molecular flexibility index (Phi) is 13.7. The van der Waals surface area contributed by atoms with Crippen molar-refractivity contribution in [3.05, 3.63) is 150 Å². The van der Waals surface area contributed by atoms with Crippen LogP contribution in [0.3, 0.4) is 0 Å². The molecule has 4 aromatic rings. The van der Waals surface area contributed by atoms with Gasteiger partial charge < -0.3 is 0 Å². The number of halogens is 12. The molecule has 44 heavy (non-hydrogen) atoms. The summed E-state index contributed by atoms with van der Waals surface area (Å²) >= 11 is 24.4. The summed E-state index contributed by atoms with van der Waals surface area (Å²) in [5, 5.41) is 1.05. The Morgan fingerprint density at radius 1 is 0.455 bits per heavy atom. The summed E-state index contributed by atoms with van der Waals surface area (Å²) in [7, 11) is 0. The molecular weight excluding hydrogens is 889 g/mol. The number of hydrogen-bond donors (Lipinski definition) is 0. The van der Waals surface area contributed by atoms with Crippen molar-refractivity contribution in [1.29, 1.82) is 0 Å². The van der Waals surface area contributed by atoms with E-state index in [2.05, 4.69) is 63.7 Å². The Morgan fingerprint density at radius 3 is 0.977 bits per heavy atom. The van der Waals surface area contributed by atoms with Gasteiger partial charge in [0.05, 0.1) is 0 Å². The molecule has 0 aliphatic rings. The van der Waals surface area contributed by atoms with Crippen LogP contribution in [0.2, 0.25) is 10.0 Å². The summed E-state index contributed by atoms with van der Waals surface area (Å²) < 4.78 is 81.7. The highest BCUT2D eigenvalue weighted by atomic mass is 79.9. The molecule has 0 nitrogen and oxygen atoms in total. The van der Waals surface area contributed by atoms with E-state index in [4.69, 9.17) is 23.2 Å². The monoisotopic (exact) mass is 904 g/mol. The fourth-order valence-corrected chi connectivity index (χ4v) is 6.71. The van der Waals surface area contributed by atoms with Crippen molar-refractivity contribution < 1.29 is 26.3 Å². The molecule has 0 aliphatic heterocycles. The molecule has 0 bridgehead atoms. The van der Waals surface area contributed by atoms with Crippen LogP contribution < -0.4 is 0 Å². The molecule has 0 radical (unpaired) electrons. The van der Waals surface area contributed by atoms with Crippen molar-refractivity contribution in [2.75, 3.05) is 0 Å². The van der Waals surface area contributed by atoms with Gasteiger partial charge in [0.1, 0.15) is 11.8 Å². The first kappa shape index (κ1) is 36.9. The highest BCUT2D eigenvalue weighted by Crippen LogP contribution is 2.48. The third-order valence-electron chi connectivity index (χ3n) is 6.04. The molecule has 4 aromatic carbocycles. The van der Waals surface area contributed by atoms with E-state index in [1.165, 1.54) is 24.3 Å². The van der Waals surface area contributed by atoms with Crippen molar-refractivity contribution in [3.8, 4) is 0 Å². The van der Waals surface area contributed by atoms with Crippen LogP contribution in [0, 0.1) is 0 Å².